The van der Waals surface area contributed by atoms with E-state index in [9.17, 15) is 19.2 Å². The number of unbranched alkanes of at least 4 members (excludes halogenated alkanes) is 28. The van der Waals surface area contributed by atoms with Crippen LogP contribution in [0.1, 0.15) is 246 Å². The maximum absolute atomic E-state index is 12.5. The van der Waals surface area contributed by atoms with Gasteiger partial charge in [0.2, 0.25) is 23.6 Å². The molecule has 0 aliphatic heterocycles. The highest BCUT2D eigenvalue weighted by molar-refractivity contribution is 6.02. The molecule has 54 heavy (non-hydrogen) atoms. The molecule has 0 radical (unpaired) electrons. The second-order valence-corrected chi connectivity index (χ2v) is 15.8. The number of hydrogen-bond donors (Lipinski definition) is 2. The number of amides is 4. The molecule has 0 atom stereocenters. The van der Waals surface area contributed by atoms with Gasteiger partial charge in [-0.3, -0.25) is 19.2 Å². The fourth-order valence-corrected chi connectivity index (χ4v) is 6.99. The van der Waals surface area contributed by atoms with E-state index in [1.807, 2.05) is 0 Å². The van der Waals surface area contributed by atoms with Crippen LogP contribution in [0.5, 0.6) is 0 Å². The minimum Gasteiger partial charge on any atom is -0.351 e. The smallest absolute Gasteiger partial charge is 0.242 e. The maximum atomic E-state index is 12.5. The van der Waals surface area contributed by atoms with Crippen LogP contribution >= 0.6 is 0 Å². The first-order valence-corrected chi connectivity index (χ1v) is 23.0. The van der Waals surface area contributed by atoms with Crippen molar-refractivity contribution in [2.45, 2.75) is 246 Å². The first kappa shape index (κ1) is 51.6. The van der Waals surface area contributed by atoms with E-state index in [4.69, 9.17) is 0 Å². The Balaban J connectivity index is 4.11. The highest BCUT2D eigenvalue weighted by Crippen LogP contribution is 2.15. The molecule has 0 aromatic carbocycles. The lowest BCUT2D eigenvalue weighted by Crippen LogP contribution is -2.32. The summed E-state index contributed by atoms with van der Waals surface area (Å²) in [4.78, 5) is 56.9. The van der Waals surface area contributed by atoms with Gasteiger partial charge in [0.05, 0.1) is 13.1 Å². The fraction of sp³-hybridized carbons (Fsp3) is 0.870. The van der Waals surface area contributed by atoms with Gasteiger partial charge >= 0.3 is 0 Å². The molecule has 0 saturated carbocycles. The molecule has 0 aliphatic carbocycles. The summed E-state index contributed by atoms with van der Waals surface area (Å²) in [6.45, 7) is 7.69. The fourth-order valence-electron chi connectivity index (χ4n) is 6.99. The summed E-state index contributed by atoms with van der Waals surface area (Å²) in [5.41, 5.74) is 1.10. The predicted molar refractivity (Wildman–Crippen MR) is 231 cm³/mol. The van der Waals surface area contributed by atoms with E-state index in [2.05, 4.69) is 34.5 Å². The third-order valence-corrected chi connectivity index (χ3v) is 10.3. The highest BCUT2D eigenvalue weighted by Gasteiger charge is 2.11. The number of hydrogen-bond acceptors (Lipinski definition) is 4. The van der Waals surface area contributed by atoms with E-state index in [1.165, 1.54) is 168 Å². The molecule has 0 spiro atoms. The SMILES string of the molecule is CCCCCCCCCCCCCCCCCC(=O)NCC(CCC(CNC(=O)CCCCCCCCCCCCCCCCC)=NC(C)=O)=NC(C)=O. The van der Waals surface area contributed by atoms with Crippen LogP contribution in [0.15, 0.2) is 9.98 Å². The average molecular weight is 759 g/mol. The van der Waals surface area contributed by atoms with Crippen LogP contribution in [0.25, 0.3) is 0 Å². The minimum atomic E-state index is -0.330. The molecule has 0 saturated heterocycles. The summed E-state index contributed by atoms with van der Waals surface area (Å²) in [6.07, 6.45) is 40.3. The zero-order valence-electron chi connectivity index (χ0n) is 36.0. The van der Waals surface area contributed by atoms with Crippen LogP contribution in [-0.2, 0) is 19.2 Å². The van der Waals surface area contributed by atoms with Gasteiger partial charge in [0.15, 0.2) is 0 Å². The predicted octanol–water partition coefficient (Wildman–Crippen LogP) is 12.5. The molecular formula is C46H86N4O4. The zero-order chi connectivity index (χ0) is 39.7. The molecule has 314 valence electrons. The summed E-state index contributed by atoms with van der Waals surface area (Å²) in [5, 5.41) is 5.83. The van der Waals surface area contributed by atoms with Gasteiger partial charge in [0.1, 0.15) is 0 Å². The second kappa shape index (κ2) is 40.3. The third kappa shape index (κ3) is 39.3. The normalized spacial score (nSPS) is 11.9. The Morgan fingerprint density at radius 2 is 0.556 bits per heavy atom. The lowest BCUT2D eigenvalue weighted by molar-refractivity contribution is -0.121. The number of rotatable bonds is 39. The van der Waals surface area contributed by atoms with Crippen LogP contribution in [0.4, 0.5) is 0 Å². The number of aliphatic imine (C=N–C) groups is 2. The average Bonchev–Trinajstić information content (AvgIpc) is 3.14. The molecular weight excluding hydrogens is 673 g/mol. The first-order valence-electron chi connectivity index (χ1n) is 23.0. The topological polar surface area (TPSA) is 117 Å². The van der Waals surface area contributed by atoms with Gasteiger partial charge < -0.3 is 10.6 Å². The monoisotopic (exact) mass is 759 g/mol. The second-order valence-electron chi connectivity index (χ2n) is 15.8. The van der Waals surface area contributed by atoms with E-state index < -0.39 is 0 Å². The van der Waals surface area contributed by atoms with Crippen molar-refractivity contribution in [3.8, 4) is 0 Å². The van der Waals surface area contributed by atoms with Crippen LogP contribution < -0.4 is 10.6 Å². The molecule has 8 nitrogen and oxygen atoms in total. The van der Waals surface area contributed by atoms with Crippen molar-refractivity contribution in [3.63, 3.8) is 0 Å². The summed E-state index contributed by atoms with van der Waals surface area (Å²) in [5.74, 6) is -0.735. The summed E-state index contributed by atoms with van der Waals surface area (Å²) < 4.78 is 0. The van der Waals surface area contributed by atoms with Gasteiger partial charge in [-0.05, 0) is 25.7 Å². The third-order valence-electron chi connectivity index (χ3n) is 10.3. The maximum Gasteiger partial charge on any atom is 0.242 e. The van der Waals surface area contributed by atoms with Crippen molar-refractivity contribution in [1.82, 2.24) is 10.6 Å². The largest absolute Gasteiger partial charge is 0.351 e. The molecule has 0 bridgehead atoms. The minimum absolute atomic E-state index is 0.0374. The molecule has 4 amide bonds. The van der Waals surface area contributed by atoms with Crippen LogP contribution in [-0.4, -0.2) is 48.1 Å². The number of carbonyl (C=O) groups is 4. The molecule has 0 aromatic rings. The molecule has 2 N–H and O–H groups in total. The lowest BCUT2D eigenvalue weighted by atomic mass is 10.0. The first-order chi connectivity index (χ1) is 26.3. The van der Waals surface area contributed by atoms with E-state index in [0.29, 0.717) is 37.1 Å². The lowest BCUT2D eigenvalue weighted by Gasteiger charge is -2.11. The van der Waals surface area contributed by atoms with E-state index in [0.717, 1.165) is 38.5 Å². The Hall–Kier alpha value is -2.38. The molecule has 0 heterocycles. The van der Waals surface area contributed by atoms with Crippen molar-refractivity contribution in [3.05, 3.63) is 0 Å². The molecule has 0 fully saturated rings. The summed E-state index contributed by atoms with van der Waals surface area (Å²) in [6, 6.07) is 0. The van der Waals surface area contributed by atoms with Gasteiger partial charge in [-0.1, -0.05) is 194 Å². The standard InChI is InChI=1S/C46H86N4O4/c1-5-7-9-11-13-15-17-19-21-23-25-27-29-31-33-35-45(53)47-39-43(49-41(3)51)37-38-44(50-42(4)52)40-48-46(54)36-34-32-30-28-26-24-22-20-18-16-14-12-10-8-6-2/h5-40H2,1-4H3,(H,47,53)(H,48,54). The van der Waals surface area contributed by atoms with Gasteiger partial charge in [-0.2, -0.15) is 0 Å². The van der Waals surface area contributed by atoms with Crippen molar-refractivity contribution in [1.29, 1.82) is 0 Å². The van der Waals surface area contributed by atoms with Gasteiger partial charge in [-0.25, -0.2) is 9.98 Å². The molecule has 0 unspecified atom stereocenters. The van der Waals surface area contributed by atoms with Crippen LogP contribution in [0.2, 0.25) is 0 Å². The quantitative estimate of drug-likeness (QED) is 0.0479. The van der Waals surface area contributed by atoms with Crippen molar-refractivity contribution >= 4 is 35.1 Å². The zero-order valence-corrected chi connectivity index (χ0v) is 36.0. The van der Waals surface area contributed by atoms with Crippen molar-refractivity contribution in [2.75, 3.05) is 13.1 Å². The number of carbonyl (C=O) groups excluding carboxylic acids is 4. The van der Waals surface area contributed by atoms with Crippen LogP contribution in [0.3, 0.4) is 0 Å². The molecule has 0 aliphatic rings. The Morgan fingerprint density at radius 3 is 0.778 bits per heavy atom. The van der Waals surface area contributed by atoms with Gasteiger partial charge in [-0.15, -0.1) is 0 Å². The van der Waals surface area contributed by atoms with E-state index in [1.54, 1.807) is 0 Å². The Morgan fingerprint density at radius 1 is 0.333 bits per heavy atom. The molecule has 0 rings (SSSR count). The molecule has 8 heteroatoms. The Kier molecular flexibility index (Phi) is 38.5. The van der Waals surface area contributed by atoms with E-state index in [-0.39, 0.29) is 36.7 Å². The van der Waals surface area contributed by atoms with Crippen molar-refractivity contribution < 1.29 is 19.2 Å². The Bertz CT molecular complexity index is 915. The van der Waals surface area contributed by atoms with Gasteiger partial charge in [0, 0.05) is 38.1 Å². The van der Waals surface area contributed by atoms with Gasteiger partial charge in [0.25, 0.3) is 0 Å². The van der Waals surface area contributed by atoms with E-state index >= 15 is 0 Å². The number of nitrogens with zero attached hydrogens (tertiary/aromatic N) is 2. The highest BCUT2D eigenvalue weighted by atomic mass is 16.2. The molecule has 0 aromatic heterocycles. The summed E-state index contributed by atoms with van der Waals surface area (Å²) >= 11 is 0. The number of nitrogens with one attached hydrogen (secondary N) is 2. The van der Waals surface area contributed by atoms with Crippen molar-refractivity contribution in [2.24, 2.45) is 9.98 Å². The Labute approximate surface area is 333 Å². The van der Waals surface area contributed by atoms with Crippen LogP contribution in [0, 0.1) is 0 Å². The summed E-state index contributed by atoms with van der Waals surface area (Å²) in [7, 11) is 0.